The number of anilines is 3. The molecule has 10 aromatic rings. The lowest BCUT2D eigenvalue weighted by Gasteiger charge is -2.31. The zero-order chi connectivity index (χ0) is 37.2. The molecule has 264 valence electrons. The standard InChI is InChI=1S/C55H34N2/c1-3-14-35(15-4-1)36-26-28-38(29-27-36)56(37-16-5-2-6-17-37)39-30-33-51-45(34-39)44-31-32-49-53-52-43(42-20-9-12-25-50(42)57(51)54(44)53)21-13-24-48(52)55(49)46-22-10-7-18-40(46)41-19-8-11-23-47(41)55/h1-34H. The van der Waals surface area contributed by atoms with Crippen LogP contribution in [0.4, 0.5) is 17.1 Å². The Morgan fingerprint density at radius 1 is 0.351 bits per heavy atom. The first-order valence-corrected chi connectivity index (χ1v) is 19.9. The maximum atomic E-state index is 2.57. The molecule has 0 bridgehead atoms. The van der Waals surface area contributed by atoms with Crippen molar-refractivity contribution < 1.29 is 0 Å². The summed E-state index contributed by atoms with van der Waals surface area (Å²) in [6.45, 7) is 0. The molecule has 0 N–H and O–H groups in total. The van der Waals surface area contributed by atoms with Crippen molar-refractivity contribution in [2.24, 2.45) is 0 Å². The predicted octanol–water partition coefficient (Wildman–Crippen LogP) is 14.2. The number of aromatic nitrogens is 1. The average Bonchev–Trinajstić information content (AvgIpc) is 3.85. The number of benzene rings is 9. The summed E-state index contributed by atoms with van der Waals surface area (Å²) in [5.74, 6) is 0. The van der Waals surface area contributed by atoms with Gasteiger partial charge in [-0.25, -0.2) is 0 Å². The van der Waals surface area contributed by atoms with E-state index in [1.165, 1.54) is 94.3 Å². The fraction of sp³-hybridized carbons (Fsp3) is 0.0182. The minimum absolute atomic E-state index is 0.406. The highest BCUT2D eigenvalue weighted by Gasteiger charge is 2.53. The highest BCUT2D eigenvalue weighted by atomic mass is 15.1. The fourth-order valence-electron chi connectivity index (χ4n) is 10.7. The van der Waals surface area contributed by atoms with E-state index < -0.39 is 5.41 Å². The van der Waals surface area contributed by atoms with Gasteiger partial charge in [0.05, 0.1) is 22.1 Å². The Bertz CT molecular complexity index is 3240. The van der Waals surface area contributed by atoms with Gasteiger partial charge in [-0.15, -0.1) is 0 Å². The fourth-order valence-corrected chi connectivity index (χ4v) is 10.7. The number of nitrogens with zero attached hydrogens (tertiary/aromatic N) is 2. The van der Waals surface area contributed by atoms with Crippen LogP contribution < -0.4 is 4.90 Å². The zero-order valence-corrected chi connectivity index (χ0v) is 31.0. The SMILES string of the molecule is c1ccc(-c2ccc(N(c3ccccc3)c3ccc4c(c3)c3ccc5c6c3n4-c3ccccc3-c3cccc(c3-6)C53c4ccccc4-c4ccccc43)cc2)cc1. The highest BCUT2D eigenvalue weighted by molar-refractivity contribution is 6.20. The van der Waals surface area contributed by atoms with Gasteiger partial charge in [0, 0.05) is 39.0 Å². The van der Waals surface area contributed by atoms with Crippen LogP contribution in [0, 0.1) is 0 Å². The van der Waals surface area contributed by atoms with Gasteiger partial charge in [-0.3, -0.25) is 0 Å². The van der Waals surface area contributed by atoms with E-state index in [2.05, 4.69) is 216 Å². The van der Waals surface area contributed by atoms with Crippen LogP contribution in [0.1, 0.15) is 22.3 Å². The van der Waals surface area contributed by atoms with E-state index >= 15 is 0 Å². The molecule has 1 aromatic heterocycles. The van der Waals surface area contributed by atoms with Crippen LogP contribution in [0.2, 0.25) is 0 Å². The van der Waals surface area contributed by atoms with Crippen molar-refractivity contribution in [3.8, 4) is 50.2 Å². The molecular formula is C55H34N2. The van der Waals surface area contributed by atoms with Gasteiger partial charge in [-0.1, -0.05) is 158 Å². The Balaban J connectivity index is 1.11. The number of fused-ring (bicyclic) bond motifs is 13. The number of para-hydroxylation sites is 2. The first-order valence-electron chi connectivity index (χ1n) is 19.9. The Morgan fingerprint density at radius 3 is 1.67 bits per heavy atom. The topological polar surface area (TPSA) is 8.17 Å². The molecule has 2 heteroatoms. The molecule has 0 unspecified atom stereocenters. The lowest BCUT2D eigenvalue weighted by Crippen LogP contribution is -2.25. The largest absolute Gasteiger partial charge is 0.310 e. The van der Waals surface area contributed by atoms with Crippen molar-refractivity contribution in [3.05, 3.63) is 229 Å². The highest BCUT2D eigenvalue weighted by Crippen LogP contribution is 2.66. The van der Waals surface area contributed by atoms with Crippen LogP contribution in [0.15, 0.2) is 206 Å². The summed E-state index contributed by atoms with van der Waals surface area (Å²) in [5.41, 5.74) is 22.6. The van der Waals surface area contributed by atoms with Gasteiger partial charge in [-0.05, 0) is 104 Å². The predicted molar refractivity (Wildman–Crippen MR) is 236 cm³/mol. The molecule has 2 heterocycles. The van der Waals surface area contributed by atoms with Crippen LogP contribution in [-0.2, 0) is 5.41 Å². The molecule has 2 nitrogen and oxygen atoms in total. The second kappa shape index (κ2) is 11.3. The van der Waals surface area contributed by atoms with E-state index in [1.54, 1.807) is 0 Å². The van der Waals surface area contributed by atoms with Gasteiger partial charge in [-0.2, -0.15) is 0 Å². The van der Waals surface area contributed by atoms with E-state index in [1.807, 2.05) is 0 Å². The number of hydrogen-bond donors (Lipinski definition) is 0. The van der Waals surface area contributed by atoms with Crippen molar-refractivity contribution in [1.82, 2.24) is 4.57 Å². The minimum atomic E-state index is -0.406. The summed E-state index contributed by atoms with van der Waals surface area (Å²) < 4.78 is 2.57. The molecule has 0 amide bonds. The van der Waals surface area contributed by atoms with Crippen LogP contribution in [0.3, 0.4) is 0 Å². The normalized spacial score (nSPS) is 13.4. The maximum absolute atomic E-state index is 2.57. The monoisotopic (exact) mass is 722 g/mol. The van der Waals surface area contributed by atoms with Crippen LogP contribution in [0.5, 0.6) is 0 Å². The third-order valence-electron chi connectivity index (χ3n) is 12.9. The average molecular weight is 723 g/mol. The molecular weight excluding hydrogens is 689 g/mol. The van der Waals surface area contributed by atoms with E-state index in [-0.39, 0.29) is 0 Å². The third-order valence-corrected chi connectivity index (χ3v) is 12.9. The van der Waals surface area contributed by atoms with Crippen molar-refractivity contribution in [3.63, 3.8) is 0 Å². The molecule has 3 aliphatic rings. The van der Waals surface area contributed by atoms with Crippen molar-refractivity contribution in [2.75, 3.05) is 4.90 Å². The van der Waals surface area contributed by atoms with Gasteiger partial charge in [0.2, 0.25) is 0 Å². The summed E-state index contributed by atoms with van der Waals surface area (Å²) in [6, 6.07) is 76.5. The smallest absolute Gasteiger partial charge is 0.0726 e. The van der Waals surface area contributed by atoms with Gasteiger partial charge >= 0.3 is 0 Å². The van der Waals surface area contributed by atoms with Gasteiger partial charge < -0.3 is 9.47 Å². The van der Waals surface area contributed by atoms with Crippen LogP contribution >= 0.6 is 0 Å². The molecule has 0 fully saturated rings. The molecule has 13 rings (SSSR count). The molecule has 57 heavy (non-hydrogen) atoms. The Kier molecular flexibility index (Phi) is 6.13. The van der Waals surface area contributed by atoms with E-state index in [9.17, 15) is 0 Å². The number of rotatable bonds is 4. The summed E-state index contributed by atoms with van der Waals surface area (Å²) >= 11 is 0. The molecule has 1 aliphatic heterocycles. The van der Waals surface area contributed by atoms with Crippen LogP contribution in [0.25, 0.3) is 72.0 Å². The van der Waals surface area contributed by atoms with Crippen molar-refractivity contribution in [1.29, 1.82) is 0 Å². The minimum Gasteiger partial charge on any atom is -0.310 e. The van der Waals surface area contributed by atoms with Gasteiger partial charge in [0.25, 0.3) is 0 Å². The summed E-state index contributed by atoms with van der Waals surface area (Å²) in [7, 11) is 0. The molecule has 0 saturated carbocycles. The lowest BCUT2D eigenvalue weighted by atomic mass is 9.70. The van der Waals surface area contributed by atoms with Crippen molar-refractivity contribution in [2.45, 2.75) is 5.41 Å². The number of hydrogen-bond acceptors (Lipinski definition) is 1. The molecule has 0 saturated heterocycles. The quantitative estimate of drug-likeness (QED) is 0.176. The Hall–Kier alpha value is -7.42. The van der Waals surface area contributed by atoms with Gasteiger partial charge in [0.1, 0.15) is 0 Å². The zero-order valence-electron chi connectivity index (χ0n) is 31.0. The Labute approximate surface area is 331 Å². The second-order valence-corrected chi connectivity index (χ2v) is 15.6. The Morgan fingerprint density at radius 2 is 0.912 bits per heavy atom. The first kappa shape index (κ1) is 30.9. The molecule has 9 aromatic carbocycles. The first-order chi connectivity index (χ1) is 28.3. The van der Waals surface area contributed by atoms with Crippen LogP contribution in [-0.4, -0.2) is 4.57 Å². The summed E-state index contributed by atoms with van der Waals surface area (Å²) in [4.78, 5) is 2.39. The summed E-state index contributed by atoms with van der Waals surface area (Å²) in [6.07, 6.45) is 0. The van der Waals surface area contributed by atoms with E-state index in [0.29, 0.717) is 0 Å². The summed E-state index contributed by atoms with van der Waals surface area (Å²) in [5, 5.41) is 2.52. The van der Waals surface area contributed by atoms with Crippen molar-refractivity contribution >= 4 is 38.9 Å². The second-order valence-electron chi connectivity index (χ2n) is 15.6. The molecule has 0 atom stereocenters. The van der Waals surface area contributed by atoms with E-state index in [4.69, 9.17) is 0 Å². The molecule has 2 aliphatic carbocycles. The molecule has 1 spiro atoms. The lowest BCUT2D eigenvalue weighted by molar-refractivity contribution is 0.794. The third kappa shape index (κ3) is 3.94. The maximum Gasteiger partial charge on any atom is 0.0726 e. The van der Waals surface area contributed by atoms with Gasteiger partial charge in [0.15, 0.2) is 0 Å². The molecule has 0 radical (unpaired) electrons. The van der Waals surface area contributed by atoms with E-state index in [0.717, 1.165) is 17.1 Å².